The second-order valence-corrected chi connectivity index (χ2v) is 6.97. The number of para-hydroxylation sites is 1. The molecule has 0 unspecified atom stereocenters. The van der Waals surface area contributed by atoms with Crippen molar-refractivity contribution in [1.82, 2.24) is 4.90 Å². The molecule has 0 radical (unpaired) electrons. The van der Waals surface area contributed by atoms with Gasteiger partial charge in [-0.3, -0.25) is 0 Å². The van der Waals surface area contributed by atoms with Crippen molar-refractivity contribution in [3.63, 3.8) is 0 Å². The van der Waals surface area contributed by atoms with Crippen LogP contribution in [0.2, 0.25) is 0 Å². The van der Waals surface area contributed by atoms with Crippen molar-refractivity contribution in [3.05, 3.63) is 90.1 Å². The van der Waals surface area contributed by atoms with Crippen LogP contribution in [0.15, 0.2) is 89.0 Å². The van der Waals surface area contributed by atoms with Crippen LogP contribution in [0, 0.1) is 0 Å². The predicted octanol–water partition coefficient (Wildman–Crippen LogP) is 3.90. The van der Waals surface area contributed by atoms with E-state index in [0.29, 0.717) is 11.6 Å². The average molecular weight is 350 g/mol. The van der Waals surface area contributed by atoms with Crippen molar-refractivity contribution in [2.24, 2.45) is 4.40 Å². The van der Waals surface area contributed by atoms with Gasteiger partial charge in [0.25, 0.3) is 10.0 Å². The van der Waals surface area contributed by atoms with Crippen LogP contribution in [0.1, 0.15) is 5.56 Å². The van der Waals surface area contributed by atoms with Crippen LogP contribution < -0.4 is 4.74 Å². The SMILES string of the molecule is O=S1(=O)C=CN2C=CC=C(c3ccc(Oc4ccccc4)cc3)C2=N1. The number of rotatable bonds is 3. The molecule has 2 aromatic carbocycles. The van der Waals surface area contributed by atoms with E-state index in [-0.39, 0.29) is 0 Å². The third kappa shape index (κ3) is 3.25. The van der Waals surface area contributed by atoms with E-state index >= 15 is 0 Å². The minimum Gasteiger partial charge on any atom is -0.457 e. The molecule has 0 saturated carbocycles. The highest BCUT2D eigenvalue weighted by Crippen LogP contribution is 2.28. The molecule has 4 rings (SSSR count). The van der Waals surface area contributed by atoms with Gasteiger partial charge in [-0.25, -0.2) is 0 Å². The molecule has 124 valence electrons. The highest BCUT2D eigenvalue weighted by atomic mass is 32.2. The first-order valence-electron chi connectivity index (χ1n) is 7.64. The maximum atomic E-state index is 11.8. The Balaban J connectivity index is 1.63. The zero-order chi connectivity index (χ0) is 17.3. The summed E-state index contributed by atoms with van der Waals surface area (Å²) in [5.41, 5.74) is 1.60. The van der Waals surface area contributed by atoms with Gasteiger partial charge >= 0.3 is 0 Å². The molecule has 6 heteroatoms. The second kappa shape index (κ2) is 6.07. The predicted molar refractivity (Wildman–Crippen MR) is 97.4 cm³/mol. The molecule has 0 saturated heterocycles. The fraction of sp³-hybridized carbons (Fsp3) is 0. The fourth-order valence-corrected chi connectivity index (χ4v) is 3.36. The van der Waals surface area contributed by atoms with E-state index in [2.05, 4.69) is 4.40 Å². The normalized spacial score (nSPS) is 17.5. The number of allylic oxidation sites excluding steroid dienone is 2. The zero-order valence-corrected chi connectivity index (χ0v) is 13.9. The van der Waals surface area contributed by atoms with E-state index in [0.717, 1.165) is 22.3 Å². The lowest BCUT2D eigenvalue weighted by Crippen LogP contribution is -2.27. The summed E-state index contributed by atoms with van der Waals surface area (Å²) in [6.07, 6.45) is 6.95. The van der Waals surface area contributed by atoms with E-state index in [1.165, 1.54) is 6.20 Å². The molecule has 2 heterocycles. The van der Waals surface area contributed by atoms with Gasteiger partial charge in [-0.2, -0.15) is 8.42 Å². The Labute approximate surface area is 145 Å². The molecule has 2 aromatic rings. The molecule has 0 aromatic heterocycles. The van der Waals surface area contributed by atoms with Gasteiger partial charge < -0.3 is 9.64 Å². The Kier molecular flexibility index (Phi) is 3.74. The third-order valence-electron chi connectivity index (χ3n) is 3.75. The third-order valence-corrected chi connectivity index (χ3v) is 4.64. The number of benzene rings is 2. The Morgan fingerprint density at radius 3 is 2.36 bits per heavy atom. The van der Waals surface area contributed by atoms with Gasteiger partial charge in [-0.05, 0) is 42.0 Å². The molecule has 5 nitrogen and oxygen atoms in total. The lowest BCUT2D eigenvalue weighted by atomic mass is 10.0. The maximum Gasteiger partial charge on any atom is 0.278 e. The van der Waals surface area contributed by atoms with Gasteiger partial charge in [0, 0.05) is 18.0 Å². The number of ether oxygens (including phenoxy) is 1. The summed E-state index contributed by atoms with van der Waals surface area (Å²) in [6.45, 7) is 0. The summed E-state index contributed by atoms with van der Waals surface area (Å²) < 4.78 is 33.2. The van der Waals surface area contributed by atoms with Crippen molar-refractivity contribution in [3.8, 4) is 11.5 Å². The van der Waals surface area contributed by atoms with E-state index in [4.69, 9.17) is 4.74 Å². The Morgan fingerprint density at radius 2 is 1.60 bits per heavy atom. The monoisotopic (exact) mass is 350 g/mol. The number of hydrogen-bond acceptors (Lipinski definition) is 4. The molecule has 2 aliphatic heterocycles. The smallest absolute Gasteiger partial charge is 0.278 e. The van der Waals surface area contributed by atoms with Crippen molar-refractivity contribution in [1.29, 1.82) is 0 Å². The van der Waals surface area contributed by atoms with Crippen molar-refractivity contribution >= 4 is 21.4 Å². The summed E-state index contributed by atoms with van der Waals surface area (Å²) >= 11 is 0. The van der Waals surface area contributed by atoms with Crippen LogP contribution in [0.3, 0.4) is 0 Å². The molecule has 2 aliphatic rings. The summed E-state index contributed by atoms with van der Waals surface area (Å²) in [5.74, 6) is 1.85. The molecule has 0 atom stereocenters. The minimum absolute atomic E-state index is 0.390. The summed E-state index contributed by atoms with van der Waals surface area (Å²) in [6, 6.07) is 17.0. The molecule has 0 aliphatic carbocycles. The Bertz CT molecular complexity index is 1020. The lowest BCUT2D eigenvalue weighted by molar-refractivity contribution is 0.482. The van der Waals surface area contributed by atoms with Crippen LogP contribution in [0.25, 0.3) is 5.57 Å². The summed E-state index contributed by atoms with van der Waals surface area (Å²) in [5, 5.41) is 1.08. The van der Waals surface area contributed by atoms with Crippen molar-refractivity contribution in [2.45, 2.75) is 0 Å². The summed E-state index contributed by atoms with van der Waals surface area (Å²) in [4.78, 5) is 1.69. The number of hydrogen-bond donors (Lipinski definition) is 0. The molecule has 0 N–H and O–H groups in total. The highest BCUT2D eigenvalue weighted by molar-refractivity contribution is 7.93. The second-order valence-electron chi connectivity index (χ2n) is 5.48. The van der Waals surface area contributed by atoms with Crippen LogP contribution in [0.5, 0.6) is 11.5 Å². The first-order chi connectivity index (χ1) is 12.1. The van der Waals surface area contributed by atoms with Crippen molar-refractivity contribution < 1.29 is 13.2 Å². The minimum atomic E-state index is -3.58. The molecular formula is C19H14N2O3S. The van der Waals surface area contributed by atoms with Gasteiger partial charge in [0.1, 0.15) is 11.5 Å². The maximum absolute atomic E-state index is 11.8. The van der Waals surface area contributed by atoms with Crippen LogP contribution in [-0.4, -0.2) is 19.2 Å². The van der Waals surface area contributed by atoms with Crippen LogP contribution >= 0.6 is 0 Å². The quantitative estimate of drug-likeness (QED) is 0.842. The van der Waals surface area contributed by atoms with Crippen LogP contribution in [-0.2, 0) is 10.0 Å². The number of sulfonamides is 1. The molecule has 0 spiro atoms. The molecule has 0 bridgehead atoms. The highest BCUT2D eigenvalue weighted by Gasteiger charge is 2.23. The fourth-order valence-electron chi connectivity index (χ4n) is 2.58. The molecule has 25 heavy (non-hydrogen) atoms. The van der Waals surface area contributed by atoms with Gasteiger partial charge in [-0.15, -0.1) is 4.40 Å². The molecule has 0 amide bonds. The van der Waals surface area contributed by atoms with Gasteiger partial charge in [-0.1, -0.05) is 30.3 Å². The number of amidine groups is 1. The summed E-state index contributed by atoms with van der Waals surface area (Å²) in [7, 11) is -3.58. The number of fused-ring (bicyclic) bond motifs is 1. The van der Waals surface area contributed by atoms with Crippen LogP contribution in [0.4, 0.5) is 0 Å². The van der Waals surface area contributed by atoms with Gasteiger partial charge in [0.15, 0.2) is 5.84 Å². The van der Waals surface area contributed by atoms with E-state index in [1.807, 2.05) is 66.7 Å². The van der Waals surface area contributed by atoms with E-state index < -0.39 is 10.0 Å². The van der Waals surface area contributed by atoms with E-state index in [9.17, 15) is 8.42 Å². The lowest BCUT2D eigenvalue weighted by Gasteiger charge is -2.25. The molecular weight excluding hydrogens is 336 g/mol. The van der Waals surface area contributed by atoms with Crippen molar-refractivity contribution in [2.75, 3.05) is 0 Å². The topological polar surface area (TPSA) is 59.0 Å². The number of nitrogens with zero attached hydrogens (tertiary/aromatic N) is 2. The standard InChI is InChI=1S/C19H14N2O3S/c22-25(23)14-13-21-12-4-7-18(19(21)20-25)15-8-10-17(11-9-15)24-16-5-2-1-3-6-16/h1-14H. The molecule has 0 fully saturated rings. The average Bonchev–Trinajstić information content (AvgIpc) is 2.62. The first-order valence-corrected chi connectivity index (χ1v) is 9.15. The largest absolute Gasteiger partial charge is 0.457 e. The zero-order valence-electron chi connectivity index (χ0n) is 13.1. The Hall–Kier alpha value is -3.12. The van der Waals surface area contributed by atoms with Gasteiger partial charge in [0.2, 0.25) is 0 Å². The first kappa shape index (κ1) is 15.4. The Morgan fingerprint density at radius 1 is 0.880 bits per heavy atom. The van der Waals surface area contributed by atoms with E-state index in [1.54, 1.807) is 11.1 Å². The van der Waals surface area contributed by atoms with Gasteiger partial charge in [0.05, 0.1) is 5.41 Å².